The SMILES string of the molecule is c1cc(-c2ccc3oc4c(-n5c6ccccc6c6ccccc65)cccc4c3c2)cc(C2c3ccccc3-c3ccccc32)c1. The molecule has 2 heterocycles. The van der Waals surface area contributed by atoms with Gasteiger partial charge in [0.2, 0.25) is 0 Å². The largest absolute Gasteiger partial charge is 0.454 e. The normalized spacial score (nSPS) is 12.8. The van der Waals surface area contributed by atoms with E-state index in [1.807, 2.05) is 0 Å². The van der Waals surface area contributed by atoms with Crippen LogP contribution < -0.4 is 0 Å². The summed E-state index contributed by atoms with van der Waals surface area (Å²) >= 11 is 0. The Labute approximate surface area is 260 Å². The van der Waals surface area contributed by atoms with E-state index in [0.29, 0.717) is 0 Å². The number of aromatic nitrogens is 1. The first-order valence-corrected chi connectivity index (χ1v) is 15.6. The highest BCUT2D eigenvalue weighted by Crippen LogP contribution is 2.48. The Morgan fingerprint density at radius 3 is 1.78 bits per heavy atom. The fourth-order valence-electron chi connectivity index (χ4n) is 7.73. The first kappa shape index (κ1) is 24.6. The third kappa shape index (κ3) is 3.51. The molecule has 0 saturated carbocycles. The highest BCUT2D eigenvalue weighted by molar-refractivity contribution is 6.13. The average Bonchev–Trinajstić information content (AvgIpc) is 3.76. The summed E-state index contributed by atoms with van der Waals surface area (Å²) in [5.74, 6) is 0.226. The molecule has 0 N–H and O–H groups in total. The molecule has 9 aromatic rings. The van der Waals surface area contributed by atoms with Gasteiger partial charge >= 0.3 is 0 Å². The maximum absolute atomic E-state index is 6.66. The number of furan rings is 1. The predicted molar refractivity (Wildman–Crippen MR) is 186 cm³/mol. The van der Waals surface area contributed by atoms with E-state index in [4.69, 9.17) is 4.42 Å². The van der Waals surface area contributed by atoms with Crippen molar-refractivity contribution in [1.29, 1.82) is 0 Å². The zero-order chi connectivity index (χ0) is 29.5. The lowest BCUT2D eigenvalue weighted by Gasteiger charge is -2.16. The standard InChI is InChI=1S/C43H27NO/c1-3-17-34-30(13-1)31-14-2-4-18-35(31)42(34)29-12-9-11-27(25-29)28-23-24-41-37(26-28)36-19-10-22-40(43(36)45-41)44-38-20-7-5-15-32(38)33-16-6-8-21-39(33)44/h1-26,42H. The van der Waals surface area contributed by atoms with Gasteiger partial charge in [-0.2, -0.15) is 0 Å². The van der Waals surface area contributed by atoms with E-state index in [2.05, 4.69) is 162 Å². The fraction of sp³-hybridized carbons (Fsp3) is 0.0233. The molecular formula is C43H27NO. The van der Waals surface area contributed by atoms with Gasteiger partial charge < -0.3 is 8.98 Å². The maximum Gasteiger partial charge on any atom is 0.159 e. The number of fused-ring (bicyclic) bond motifs is 9. The van der Waals surface area contributed by atoms with Crippen molar-refractivity contribution in [3.05, 3.63) is 174 Å². The molecule has 0 amide bonds. The summed E-state index contributed by atoms with van der Waals surface area (Å²) in [4.78, 5) is 0. The smallest absolute Gasteiger partial charge is 0.159 e. The van der Waals surface area contributed by atoms with E-state index in [1.165, 1.54) is 60.8 Å². The van der Waals surface area contributed by atoms with Gasteiger partial charge in [-0.3, -0.25) is 0 Å². The maximum atomic E-state index is 6.66. The van der Waals surface area contributed by atoms with Crippen molar-refractivity contribution in [3.8, 4) is 27.9 Å². The molecular weight excluding hydrogens is 546 g/mol. The molecule has 0 spiro atoms. The number of hydrogen-bond acceptors (Lipinski definition) is 1. The Kier molecular flexibility index (Phi) is 5.09. The third-order valence-electron chi connectivity index (χ3n) is 9.68. The zero-order valence-electron chi connectivity index (χ0n) is 24.4. The summed E-state index contributed by atoms with van der Waals surface area (Å²) < 4.78 is 9.00. The van der Waals surface area contributed by atoms with E-state index < -0.39 is 0 Å². The zero-order valence-corrected chi connectivity index (χ0v) is 24.4. The first-order chi connectivity index (χ1) is 22.3. The van der Waals surface area contributed by atoms with Crippen LogP contribution in [0.1, 0.15) is 22.6 Å². The van der Waals surface area contributed by atoms with Crippen LogP contribution in [0.4, 0.5) is 0 Å². The van der Waals surface area contributed by atoms with Crippen molar-refractivity contribution < 1.29 is 4.42 Å². The monoisotopic (exact) mass is 573 g/mol. The van der Waals surface area contributed by atoms with Gasteiger partial charge in [0.15, 0.2) is 5.58 Å². The molecule has 0 atom stereocenters. The van der Waals surface area contributed by atoms with Crippen LogP contribution in [-0.4, -0.2) is 4.57 Å². The molecule has 2 heteroatoms. The van der Waals surface area contributed by atoms with Crippen molar-refractivity contribution in [3.63, 3.8) is 0 Å². The third-order valence-corrected chi connectivity index (χ3v) is 9.68. The Morgan fingerprint density at radius 2 is 1.04 bits per heavy atom. The van der Waals surface area contributed by atoms with Gasteiger partial charge in [-0.1, -0.05) is 127 Å². The molecule has 1 aliphatic carbocycles. The summed E-state index contributed by atoms with van der Waals surface area (Å²) in [6.45, 7) is 0. The highest BCUT2D eigenvalue weighted by Gasteiger charge is 2.29. The van der Waals surface area contributed by atoms with Crippen LogP contribution in [0.15, 0.2) is 162 Å². The van der Waals surface area contributed by atoms with Crippen LogP contribution in [0, 0.1) is 0 Å². The van der Waals surface area contributed by atoms with Gasteiger partial charge in [-0.15, -0.1) is 0 Å². The van der Waals surface area contributed by atoms with Crippen LogP contribution in [0.2, 0.25) is 0 Å². The Morgan fingerprint density at radius 1 is 0.444 bits per heavy atom. The minimum atomic E-state index is 0.226. The molecule has 2 nitrogen and oxygen atoms in total. The summed E-state index contributed by atoms with van der Waals surface area (Å²) in [5.41, 5.74) is 14.4. The topological polar surface area (TPSA) is 18.1 Å². The molecule has 210 valence electrons. The van der Waals surface area contributed by atoms with Crippen molar-refractivity contribution in [2.75, 3.05) is 0 Å². The first-order valence-electron chi connectivity index (χ1n) is 15.6. The van der Waals surface area contributed by atoms with Gasteiger partial charge in [0.05, 0.1) is 16.7 Å². The highest BCUT2D eigenvalue weighted by atomic mass is 16.3. The average molecular weight is 574 g/mol. The predicted octanol–water partition coefficient (Wildman–Crippen LogP) is 11.5. The van der Waals surface area contributed by atoms with E-state index >= 15 is 0 Å². The Bertz CT molecular complexity index is 2520. The van der Waals surface area contributed by atoms with Crippen LogP contribution in [-0.2, 0) is 0 Å². The number of rotatable bonds is 3. The van der Waals surface area contributed by atoms with E-state index in [-0.39, 0.29) is 5.92 Å². The fourth-order valence-corrected chi connectivity index (χ4v) is 7.73. The van der Waals surface area contributed by atoms with Crippen molar-refractivity contribution in [2.24, 2.45) is 0 Å². The second-order valence-electron chi connectivity index (χ2n) is 12.1. The van der Waals surface area contributed by atoms with Crippen molar-refractivity contribution in [1.82, 2.24) is 4.57 Å². The van der Waals surface area contributed by atoms with Gasteiger partial charge in [-0.25, -0.2) is 0 Å². The molecule has 0 radical (unpaired) electrons. The lowest BCUT2D eigenvalue weighted by atomic mass is 9.87. The van der Waals surface area contributed by atoms with Crippen LogP contribution >= 0.6 is 0 Å². The van der Waals surface area contributed by atoms with Crippen LogP contribution in [0.3, 0.4) is 0 Å². The van der Waals surface area contributed by atoms with Crippen LogP contribution in [0.5, 0.6) is 0 Å². The van der Waals surface area contributed by atoms with E-state index in [0.717, 1.165) is 27.6 Å². The van der Waals surface area contributed by atoms with E-state index in [9.17, 15) is 0 Å². The molecule has 0 unspecified atom stereocenters. The number of nitrogens with zero attached hydrogens (tertiary/aromatic N) is 1. The van der Waals surface area contributed by atoms with Gasteiger partial charge in [-0.05, 0) is 69.3 Å². The minimum absolute atomic E-state index is 0.226. The molecule has 0 saturated heterocycles. The number of benzene rings is 7. The summed E-state index contributed by atoms with van der Waals surface area (Å²) in [5, 5.41) is 4.75. The quantitative estimate of drug-likeness (QED) is 0.206. The Balaban J connectivity index is 1.13. The molecule has 7 aromatic carbocycles. The molecule has 45 heavy (non-hydrogen) atoms. The lowest BCUT2D eigenvalue weighted by molar-refractivity contribution is 0.666. The molecule has 0 aliphatic heterocycles. The summed E-state index contributed by atoms with van der Waals surface area (Å²) in [6.07, 6.45) is 0. The van der Waals surface area contributed by atoms with Crippen LogP contribution in [0.25, 0.3) is 71.7 Å². The lowest BCUT2D eigenvalue weighted by Crippen LogP contribution is -1.99. The summed E-state index contributed by atoms with van der Waals surface area (Å²) in [7, 11) is 0. The van der Waals surface area contributed by atoms with Gasteiger partial charge in [0, 0.05) is 27.5 Å². The minimum Gasteiger partial charge on any atom is -0.454 e. The molecule has 10 rings (SSSR count). The second-order valence-corrected chi connectivity index (χ2v) is 12.1. The molecule has 1 aliphatic rings. The molecule has 0 fully saturated rings. The van der Waals surface area contributed by atoms with Gasteiger partial charge in [0.25, 0.3) is 0 Å². The molecule has 0 bridgehead atoms. The van der Waals surface area contributed by atoms with Gasteiger partial charge in [0.1, 0.15) is 5.58 Å². The summed E-state index contributed by atoms with van der Waals surface area (Å²) in [6, 6.07) is 57.1. The number of hydrogen-bond donors (Lipinski definition) is 0. The molecule has 2 aromatic heterocycles. The van der Waals surface area contributed by atoms with Crippen molar-refractivity contribution in [2.45, 2.75) is 5.92 Å². The van der Waals surface area contributed by atoms with E-state index in [1.54, 1.807) is 0 Å². The number of para-hydroxylation sites is 3. The Hall–Kier alpha value is -5.86. The van der Waals surface area contributed by atoms with Crippen molar-refractivity contribution >= 4 is 43.7 Å². The second kappa shape index (κ2) is 9.32.